The van der Waals surface area contributed by atoms with Crippen molar-refractivity contribution in [2.24, 2.45) is 5.92 Å². The van der Waals surface area contributed by atoms with E-state index in [1.807, 2.05) is 24.4 Å². The first-order valence-electron chi connectivity index (χ1n) is 9.43. The molecule has 2 heterocycles. The van der Waals surface area contributed by atoms with E-state index >= 15 is 0 Å². The van der Waals surface area contributed by atoms with Crippen LogP contribution in [0.1, 0.15) is 30.4 Å². The predicted molar refractivity (Wildman–Crippen MR) is 99.4 cm³/mol. The SMILES string of the molecule is c1cncc(COc2ccccc2CNC[C@@H]2CCN(C3CC3)C2)c1. The van der Waals surface area contributed by atoms with Crippen molar-refractivity contribution in [2.45, 2.75) is 38.5 Å². The van der Waals surface area contributed by atoms with E-state index in [0.29, 0.717) is 6.61 Å². The van der Waals surface area contributed by atoms with Crippen molar-refractivity contribution in [3.63, 3.8) is 0 Å². The van der Waals surface area contributed by atoms with Crippen LogP contribution in [0.4, 0.5) is 0 Å². The van der Waals surface area contributed by atoms with Crippen molar-refractivity contribution in [3.05, 3.63) is 59.9 Å². The third-order valence-electron chi connectivity index (χ3n) is 5.22. The predicted octanol–water partition coefficient (Wildman–Crippen LogP) is 3.23. The summed E-state index contributed by atoms with van der Waals surface area (Å²) in [6.07, 6.45) is 7.81. The molecule has 25 heavy (non-hydrogen) atoms. The standard InChI is InChI=1S/C21H27N3O/c1-2-6-21(25-16-18-4-3-10-22-13-18)19(5-1)14-23-12-17-9-11-24(15-17)20-7-8-20/h1-6,10,13,17,20,23H,7-9,11-12,14-16H2/t17-/m0/s1. The van der Waals surface area contributed by atoms with E-state index in [1.54, 1.807) is 6.20 Å². The van der Waals surface area contributed by atoms with Gasteiger partial charge in [-0.1, -0.05) is 24.3 Å². The van der Waals surface area contributed by atoms with Gasteiger partial charge in [-0.05, 0) is 50.4 Å². The van der Waals surface area contributed by atoms with Gasteiger partial charge in [0.25, 0.3) is 0 Å². The first kappa shape index (κ1) is 16.6. The number of para-hydroxylation sites is 1. The molecule has 0 radical (unpaired) electrons. The first-order valence-corrected chi connectivity index (χ1v) is 9.43. The molecule has 1 aliphatic carbocycles. The molecule has 1 saturated heterocycles. The molecule has 132 valence electrons. The number of aromatic nitrogens is 1. The van der Waals surface area contributed by atoms with Crippen molar-refractivity contribution < 1.29 is 4.74 Å². The average molecular weight is 337 g/mol. The number of benzene rings is 1. The monoisotopic (exact) mass is 337 g/mol. The van der Waals surface area contributed by atoms with Crippen LogP contribution in [0, 0.1) is 5.92 Å². The van der Waals surface area contributed by atoms with E-state index in [2.05, 4.69) is 33.4 Å². The molecule has 0 amide bonds. The van der Waals surface area contributed by atoms with Gasteiger partial charge in [-0.2, -0.15) is 0 Å². The minimum Gasteiger partial charge on any atom is -0.489 e. The van der Waals surface area contributed by atoms with E-state index in [4.69, 9.17) is 4.74 Å². The molecule has 2 aliphatic rings. The maximum atomic E-state index is 6.01. The van der Waals surface area contributed by atoms with Crippen LogP contribution >= 0.6 is 0 Å². The van der Waals surface area contributed by atoms with Gasteiger partial charge in [-0.25, -0.2) is 0 Å². The Morgan fingerprint density at radius 2 is 2.04 bits per heavy atom. The summed E-state index contributed by atoms with van der Waals surface area (Å²) in [6.45, 7) is 5.09. The van der Waals surface area contributed by atoms with Crippen LogP contribution in [0.5, 0.6) is 5.75 Å². The molecule has 2 aromatic rings. The van der Waals surface area contributed by atoms with E-state index in [-0.39, 0.29) is 0 Å². The zero-order chi connectivity index (χ0) is 16.9. The lowest BCUT2D eigenvalue weighted by molar-refractivity contribution is 0.300. The molecule has 1 atom stereocenters. The minimum absolute atomic E-state index is 0.559. The molecule has 4 rings (SSSR count). The van der Waals surface area contributed by atoms with Crippen molar-refractivity contribution in [2.75, 3.05) is 19.6 Å². The largest absolute Gasteiger partial charge is 0.489 e. The number of hydrogen-bond acceptors (Lipinski definition) is 4. The molecular formula is C21H27N3O. The molecule has 1 aromatic carbocycles. The normalized spacial score (nSPS) is 20.7. The Bertz CT molecular complexity index is 672. The second-order valence-electron chi connectivity index (χ2n) is 7.27. The second-order valence-corrected chi connectivity index (χ2v) is 7.27. The summed E-state index contributed by atoms with van der Waals surface area (Å²) in [6, 6.07) is 13.2. The van der Waals surface area contributed by atoms with Gasteiger partial charge in [0.05, 0.1) is 0 Å². The number of ether oxygens (including phenoxy) is 1. The van der Waals surface area contributed by atoms with E-state index in [0.717, 1.165) is 36.4 Å². The molecule has 0 bridgehead atoms. The smallest absolute Gasteiger partial charge is 0.124 e. The molecule has 1 aliphatic heterocycles. The number of pyridine rings is 1. The summed E-state index contributed by atoms with van der Waals surface area (Å²) < 4.78 is 6.01. The van der Waals surface area contributed by atoms with Crippen LogP contribution < -0.4 is 10.1 Å². The lowest BCUT2D eigenvalue weighted by Gasteiger charge is -2.16. The summed E-state index contributed by atoms with van der Waals surface area (Å²) in [5.74, 6) is 1.76. The van der Waals surface area contributed by atoms with E-state index in [1.165, 1.54) is 37.9 Å². The highest BCUT2D eigenvalue weighted by Crippen LogP contribution is 2.31. The third kappa shape index (κ3) is 4.59. The zero-order valence-electron chi connectivity index (χ0n) is 14.7. The highest BCUT2D eigenvalue weighted by molar-refractivity contribution is 5.33. The molecule has 0 unspecified atom stereocenters. The molecule has 1 N–H and O–H groups in total. The maximum Gasteiger partial charge on any atom is 0.124 e. The molecule has 2 fully saturated rings. The van der Waals surface area contributed by atoms with Crippen molar-refractivity contribution >= 4 is 0 Å². The Labute approximate surface area is 150 Å². The van der Waals surface area contributed by atoms with Crippen LogP contribution in [0.2, 0.25) is 0 Å². The van der Waals surface area contributed by atoms with Crippen molar-refractivity contribution in [1.82, 2.24) is 15.2 Å². The van der Waals surface area contributed by atoms with Gasteiger partial charge < -0.3 is 15.0 Å². The van der Waals surface area contributed by atoms with E-state index in [9.17, 15) is 0 Å². The molecule has 1 aromatic heterocycles. The van der Waals surface area contributed by atoms with Crippen molar-refractivity contribution in [3.8, 4) is 5.75 Å². The lowest BCUT2D eigenvalue weighted by Crippen LogP contribution is -2.27. The summed E-state index contributed by atoms with van der Waals surface area (Å²) in [5.41, 5.74) is 2.32. The number of hydrogen-bond donors (Lipinski definition) is 1. The Balaban J connectivity index is 1.26. The molecular weight excluding hydrogens is 310 g/mol. The zero-order valence-corrected chi connectivity index (χ0v) is 14.7. The summed E-state index contributed by atoms with van der Waals surface area (Å²) >= 11 is 0. The lowest BCUT2D eigenvalue weighted by atomic mass is 10.1. The quantitative estimate of drug-likeness (QED) is 0.802. The van der Waals surface area contributed by atoms with E-state index < -0.39 is 0 Å². The molecule has 4 heteroatoms. The van der Waals surface area contributed by atoms with Gasteiger partial charge in [-0.15, -0.1) is 0 Å². The van der Waals surface area contributed by atoms with Crippen LogP contribution in [-0.2, 0) is 13.2 Å². The fraction of sp³-hybridized carbons (Fsp3) is 0.476. The second kappa shape index (κ2) is 7.98. The number of nitrogens with zero attached hydrogens (tertiary/aromatic N) is 2. The Morgan fingerprint density at radius 3 is 2.88 bits per heavy atom. The Hall–Kier alpha value is -1.91. The highest BCUT2D eigenvalue weighted by atomic mass is 16.5. The number of likely N-dealkylation sites (tertiary alicyclic amines) is 1. The fourth-order valence-electron chi connectivity index (χ4n) is 3.65. The number of rotatable bonds is 8. The molecule has 4 nitrogen and oxygen atoms in total. The van der Waals surface area contributed by atoms with Crippen molar-refractivity contribution in [1.29, 1.82) is 0 Å². The molecule has 0 spiro atoms. The Morgan fingerprint density at radius 1 is 1.12 bits per heavy atom. The van der Waals surface area contributed by atoms with Gasteiger partial charge in [0.1, 0.15) is 12.4 Å². The minimum atomic E-state index is 0.559. The van der Waals surface area contributed by atoms with Gasteiger partial charge >= 0.3 is 0 Å². The van der Waals surface area contributed by atoms with Gasteiger partial charge in [0, 0.05) is 42.7 Å². The third-order valence-corrected chi connectivity index (χ3v) is 5.22. The summed E-state index contributed by atoms with van der Waals surface area (Å²) in [5, 5.41) is 3.64. The summed E-state index contributed by atoms with van der Waals surface area (Å²) in [4.78, 5) is 6.82. The van der Waals surface area contributed by atoms with Crippen LogP contribution in [-0.4, -0.2) is 35.6 Å². The maximum absolute atomic E-state index is 6.01. The molecule has 1 saturated carbocycles. The Kier molecular flexibility index (Phi) is 5.28. The van der Waals surface area contributed by atoms with Gasteiger partial charge in [-0.3, -0.25) is 4.98 Å². The summed E-state index contributed by atoms with van der Waals surface area (Å²) in [7, 11) is 0. The fourth-order valence-corrected chi connectivity index (χ4v) is 3.65. The average Bonchev–Trinajstić information content (AvgIpc) is 3.41. The van der Waals surface area contributed by atoms with Crippen LogP contribution in [0.3, 0.4) is 0 Å². The first-order chi connectivity index (χ1) is 12.4. The van der Waals surface area contributed by atoms with Crippen LogP contribution in [0.15, 0.2) is 48.8 Å². The topological polar surface area (TPSA) is 37.4 Å². The highest BCUT2D eigenvalue weighted by Gasteiger charge is 2.33. The number of nitrogens with one attached hydrogen (secondary N) is 1. The van der Waals surface area contributed by atoms with Gasteiger partial charge in [0.15, 0.2) is 0 Å². The van der Waals surface area contributed by atoms with Crippen LogP contribution in [0.25, 0.3) is 0 Å². The van der Waals surface area contributed by atoms with Gasteiger partial charge in [0.2, 0.25) is 0 Å².